The lowest BCUT2D eigenvalue weighted by atomic mass is 10.1. The van der Waals surface area contributed by atoms with Crippen LogP contribution in [0.15, 0.2) is 41.3 Å². The smallest absolute Gasteiger partial charge is 0.262 e. The number of sulfonamides is 1. The van der Waals surface area contributed by atoms with Gasteiger partial charge in [-0.15, -0.1) is 0 Å². The van der Waals surface area contributed by atoms with Crippen LogP contribution in [0.4, 0.5) is 11.4 Å². The Bertz CT molecular complexity index is 994. The van der Waals surface area contributed by atoms with Crippen molar-refractivity contribution in [1.29, 1.82) is 0 Å². The van der Waals surface area contributed by atoms with Crippen LogP contribution in [-0.4, -0.2) is 20.9 Å². The fourth-order valence-corrected chi connectivity index (χ4v) is 4.81. The molecule has 6 heteroatoms. The van der Waals surface area contributed by atoms with Gasteiger partial charge in [0, 0.05) is 18.2 Å². The van der Waals surface area contributed by atoms with Crippen LogP contribution in [0.1, 0.15) is 29.5 Å². The number of carbonyl (C=O) groups is 1. The summed E-state index contributed by atoms with van der Waals surface area (Å²) in [5.41, 5.74) is 4.15. The molecular formula is C20H22N2O3S. The van der Waals surface area contributed by atoms with Gasteiger partial charge in [-0.1, -0.05) is 23.8 Å². The number of nitrogens with one attached hydrogen (secondary N) is 1. The molecule has 1 saturated carbocycles. The molecular weight excluding hydrogens is 348 g/mol. The van der Waals surface area contributed by atoms with Gasteiger partial charge in [0.25, 0.3) is 10.0 Å². The molecule has 0 atom stereocenters. The van der Waals surface area contributed by atoms with Crippen LogP contribution < -0.4 is 9.62 Å². The van der Waals surface area contributed by atoms with E-state index in [2.05, 4.69) is 4.72 Å². The van der Waals surface area contributed by atoms with Crippen molar-refractivity contribution < 1.29 is 13.2 Å². The summed E-state index contributed by atoms with van der Waals surface area (Å²) >= 11 is 0. The Morgan fingerprint density at radius 1 is 1.12 bits per heavy atom. The molecule has 2 aromatic rings. The Labute approximate surface area is 154 Å². The molecule has 0 radical (unpaired) electrons. The average Bonchev–Trinajstić information content (AvgIpc) is 3.33. The van der Waals surface area contributed by atoms with E-state index in [-0.39, 0.29) is 16.7 Å². The molecule has 2 aliphatic rings. The normalized spacial score (nSPS) is 16.5. The summed E-state index contributed by atoms with van der Waals surface area (Å²) in [5, 5.41) is 0. The summed E-state index contributed by atoms with van der Waals surface area (Å²) in [6, 6.07) is 10.7. The molecule has 0 saturated heterocycles. The highest BCUT2D eigenvalue weighted by Gasteiger charge is 2.36. The number of hydrogen-bond donors (Lipinski definition) is 1. The molecule has 26 heavy (non-hydrogen) atoms. The van der Waals surface area contributed by atoms with Crippen molar-refractivity contribution in [2.75, 3.05) is 16.2 Å². The third-order valence-electron chi connectivity index (χ3n) is 5.05. The van der Waals surface area contributed by atoms with Crippen molar-refractivity contribution in [2.24, 2.45) is 5.92 Å². The Kier molecular flexibility index (Phi) is 4.03. The number of nitrogens with zero attached hydrogens (tertiary/aromatic N) is 1. The second-order valence-electron chi connectivity index (χ2n) is 7.23. The van der Waals surface area contributed by atoms with Crippen LogP contribution in [0.25, 0.3) is 0 Å². The highest BCUT2D eigenvalue weighted by atomic mass is 32.2. The molecule has 0 bridgehead atoms. The van der Waals surface area contributed by atoms with E-state index >= 15 is 0 Å². The Balaban J connectivity index is 1.63. The molecule has 1 aliphatic heterocycles. The van der Waals surface area contributed by atoms with Crippen molar-refractivity contribution in [2.45, 2.75) is 38.0 Å². The lowest BCUT2D eigenvalue weighted by Crippen LogP contribution is -2.30. The predicted octanol–water partition coefficient (Wildman–Crippen LogP) is 3.40. The molecule has 1 aliphatic carbocycles. The first-order chi connectivity index (χ1) is 12.3. The number of aryl methyl sites for hydroxylation is 2. The quantitative estimate of drug-likeness (QED) is 0.897. The van der Waals surface area contributed by atoms with Gasteiger partial charge in [0.2, 0.25) is 5.91 Å². The Morgan fingerprint density at radius 3 is 2.58 bits per heavy atom. The minimum atomic E-state index is -3.67. The molecule has 1 fully saturated rings. The van der Waals surface area contributed by atoms with E-state index in [1.807, 2.05) is 24.0 Å². The maximum absolute atomic E-state index is 12.8. The second kappa shape index (κ2) is 6.13. The number of amides is 1. The summed E-state index contributed by atoms with van der Waals surface area (Å²) < 4.78 is 28.2. The zero-order valence-electron chi connectivity index (χ0n) is 15.0. The number of hydrogen-bond acceptors (Lipinski definition) is 3. The lowest BCUT2D eigenvalue weighted by Gasteiger charge is -2.18. The molecule has 136 valence electrons. The van der Waals surface area contributed by atoms with Crippen LogP contribution in [-0.2, 0) is 21.2 Å². The molecule has 0 aromatic heterocycles. The zero-order valence-corrected chi connectivity index (χ0v) is 15.8. The van der Waals surface area contributed by atoms with E-state index in [0.29, 0.717) is 17.8 Å². The van der Waals surface area contributed by atoms with Crippen LogP contribution >= 0.6 is 0 Å². The van der Waals surface area contributed by atoms with Gasteiger partial charge in [0.15, 0.2) is 0 Å². The topological polar surface area (TPSA) is 66.5 Å². The van der Waals surface area contributed by atoms with Crippen molar-refractivity contribution in [3.05, 3.63) is 53.1 Å². The standard InChI is InChI=1S/C20H22N2O3S/c1-13-3-8-19(14(2)11-13)26(24,25)21-17-7-6-15-9-10-22(18(15)12-17)20(23)16-4-5-16/h3,6-8,11-12,16,21H,4-5,9-10H2,1-2H3. The largest absolute Gasteiger partial charge is 0.312 e. The SMILES string of the molecule is Cc1ccc(S(=O)(=O)Nc2ccc3c(c2)N(C(=O)C2CC2)CC3)c(C)c1. The first-order valence-electron chi connectivity index (χ1n) is 8.89. The summed E-state index contributed by atoms with van der Waals surface area (Å²) in [4.78, 5) is 14.5. The molecule has 4 rings (SSSR count). The fraction of sp³-hybridized carbons (Fsp3) is 0.350. The monoisotopic (exact) mass is 370 g/mol. The van der Waals surface area contributed by atoms with Crippen LogP contribution in [0.2, 0.25) is 0 Å². The molecule has 2 aromatic carbocycles. The van der Waals surface area contributed by atoms with Gasteiger partial charge in [-0.05, 0) is 62.4 Å². The number of carbonyl (C=O) groups excluding carboxylic acids is 1. The molecule has 0 spiro atoms. The summed E-state index contributed by atoms with van der Waals surface area (Å²) in [6.07, 6.45) is 2.74. The van der Waals surface area contributed by atoms with Crippen molar-refractivity contribution in [3.8, 4) is 0 Å². The van der Waals surface area contributed by atoms with Crippen LogP contribution in [0.3, 0.4) is 0 Å². The number of benzene rings is 2. The van der Waals surface area contributed by atoms with Gasteiger partial charge in [0.1, 0.15) is 0 Å². The predicted molar refractivity (Wildman–Crippen MR) is 102 cm³/mol. The lowest BCUT2D eigenvalue weighted by molar-refractivity contribution is -0.119. The number of rotatable bonds is 4. The van der Waals surface area contributed by atoms with Crippen molar-refractivity contribution >= 4 is 27.3 Å². The van der Waals surface area contributed by atoms with Gasteiger partial charge in [-0.2, -0.15) is 0 Å². The third kappa shape index (κ3) is 3.09. The van der Waals surface area contributed by atoms with Gasteiger partial charge in [0.05, 0.1) is 10.6 Å². The van der Waals surface area contributed by atoms with Gasteiger partial charge >= 0.3 is 0 Å². The summed E-state index contributed by atoms with van der Waals surface area (Å²) in [6.45, 7) is 4.40. The van der Waals surface area contributed by atoms with E-state index in [4.69, 9.17) is 0 Å². The van der Waals surface area contributed by atoms with Crippen molar-refractivity contribution in [3.63, 3.8) is 0 Å². The average molecular weight is 370 g/mol. The van der Waals surface area contributed by atoms with Gasteiger partial charge < -0.3 is 4.90 Å². The van der Waals surface area contributed by atoms with Crippen molar-refractivity contribution in [1.82, 2.24) is 0 Å². The maximum atomic E-state index is 12.8. The Morgan fingerprint density at radius 2 is 1.88 bits per heavy atom. The maximum Gasteiger partial charge on any atom is 0.262 e. The zero-order chi connectivity index (χ0) is 18.5. The Hall–Kier alpha value is -2.34. The second-order valence-corrected chi connectivity index (χ2v) is 8.88. The van der Waals surface area contributed by atoms with E-state index in [1.54, 1.807) is 31.2 Å². The first kappa shape index (κ1) is 17.1. The number of anilines is 2. The molecule has 0 unspecified atom stereocenters. The molecule has 1 N–H and O–H groups in total. The minimum Gasteiger partial charge on any atom is -0.312 e. The van der Waals surface area contributed by atoms with E-state index in [0.717, 1.165) is 36.1 Å². The first-order valence-corrected chi connectivity index (χ1v) is 10.4. The fourth-order valence-electron chi connectivity index (χ4n) is 3.53. The van der Waals surface area contributed by atoms with Crippen LogP contribution in [0, 0.1) is 19.8 Å². The molecule has 1 heterocycles. The minimum absolute atomic E-state index is 0.150. The highest BCUT2D eigenvalue weighted by molar-refractivity contribution is 7.92. The van der Waals surface area contributed by atoms with E-state index in [9.17, 15) is 13.2 Å². The van der Waals surface area contributed by atoms with Gasteiger partial charge in [-0.25, -0.2) is 8.42 Å². The van der Waals surface area contributed by atoms with Crippen LogP contribution in [0.5, 0.6) is 0 Å². The molecule has 1 amide bonds. The van der Waals surface area contributed by atoms with Gasteiger partial charge in [-0.3, -0.25) is 9.52 Å². The highest BCUT2D eigenvalue weighted by Crippen LogP contribution is 2.37. The van der Waals surface area contributed by atoms with E-state index in [1.165, 1.54) is 0 Å². The number of fused-ring (bicyclic) bond motifs is 1. The third-order valence-corrected chi connectivity index (χ3v) is 6.59. The summed E-state index contributed by atoms with van der Waals surface area (Å²) in [7, 11) is -3.67. The molecule has 5 nitrogen and oxygen atoms in total. The summed E-state index contributed by atoms with van der Waals surface area (Å²) in [5.74, 6) is 0.314. The van der Waals surface area contributed by atoms with E-state index < -0.39 is 10.0 Å².